The molecule has 0 aliphatic carbocycles. The summed E-state index contributed by atoms with van der Waals surface area (Å²) in [5, 5.41) is 4.94. The number of aromatic nitrogens is 4. The SMILES string of the molecule is NC(=O)c1cnn(-c2ncnc3ccccc23)c1. The average Bonchev–Trinajstić information content (AvgIpc) is 2.87. The fourth-order valence-corrected chi connectivity index (χ4v) is 1.74. The molecule has 3 rings (SSSR count). The number of benzene rings is 1. The fourth-order valence-electron chi connectivity index (χ4n) is 1.74. The second-order valence-electron chi connectivity index (χ2n) is 3.75. The van der Waals surface area contributed by atoms with Crippen LogP contribution in [0.25, 0.3) is 16.7 Å². The summed E-state index contributed by atoms with van der Waals surface area (Å²) in [4.78, 5) is 19.4. The third kappa shape index (κ3) is 1.60. The van der Waals surface area contributed by atoms with Crippen LogP contribution in [0.2, 0.25) is 0 Å². The van der Waals surface area contributed by atoms with E-state index in [-0.39, 0.29) is 0 Å². The number of para-hydroxylation sites is 1. The van der Waals surface area contributed by atoms with Gasteiger partial charge in [-0.3, -0.25) is 4.79 Å². The lowest BCUT2D eigenvalue weighted by Crippen LogP contribution is -2.09. The molecule has 0 saturated heterocycles. The van der Waals surface area contributed by atoms with Gasteiger partial charge in [-0.05, 0) is 12.1 Å². The van der Waals surface area contributed by atoms with Crippen molar-refractivity contribution in [2.75, 3.05) is 0 Å². The van der Waals surface area contributed by atoms with Gasteiger partial charge in [0.15, 0.2) is 5.82 Å². The predicted molar refractivity (Wildman–Crippen MR) is 65.2 cm³/mol. The Hall–Kier alpha value is -2.76. The standard InChI is InChI=1S/C12H9N5O/c13-11(18)8-5-16-17(6-8)12-9-3-1-2-4-10(9)14-7-15-12/h1-7H,(H2,13,18). The number of amides is 1. The molecule has 2 aromatic heterocycles. The first kappa shape index (κ1) is 10.4. The monoisotopic (exact) mass is 239 g/mol. The summed E-state index contributed by atoms with van der Waals surface area (Å²) < 4.78 is 1.52. The number of carbonyl (C=O) groups is 1. The van der Waals surface area contributed by atoms with E-state index >= 15 is 0 Å². The normalized spacial score (nSPS) is 10.7. The lowest BCUT2D eigenvalue weighted by Gasteiger charge is -2.03. The predicted octanol–water partition coefficient (Wildman–Crippen LogP) is 0.914. The number of carbonyl (C=O) groups excluding carboxylic acids is 1. The van der Waals surface area contributed by atoms with Gasteiger partial charge in [-0.2, -0.15) is 5.10 Å². The second kappa shape index (κ2) is 3.92. The zero-order valence-electron chi connectivity index (χ0n) is 9.32. The third-order valence-corrected chi connectivity index (χ3v) is 2.61. The average molecular weight is 239 g/mol. The van der Waals surface area contributed by atoms with E-state index in [1.54, 1.807) is 6.20 Å². The molecule has 0 aliphatic heterocycles. The first-order valence-electron chi connectivity index (χ1n) is 5.30. The van der Waals surface area contributed by atoms with Crippen molar-refractivity contribution < 1.29 is 4.79 Å². The Morgan fingerprint density at radius 3 is 2.83 bits per heavy atom. The summed E-state index contributed by atoms with van der Waals surface area (Å²) in [6, 6.07) is 7.58. The van der Waals surface area contributed by atoms with E-state index in [4.69, 9.17) is 5.73 Å². The number of hydrogen-bond donors (Lipinski definition) is 1. The van der Waals surface area contributed by atoms with Crippen LogP contribution >= 0.6 is 0 Å². The molecule has 88 valence electrons. The molecule has 2 N–H and O–H groups in total. The number of nitrogens with zero attached hydrogens (tertiary/aromatic N) is 4. The molecule has 0 saturated carbocycles. The summed E-state index contributed by atoms with van der Waals surface area (Å²) in [5.41, 5.74) is 6.36. The Morgan fingerprint density at radius 2 is 2.06 bits per heavy atom. The van der Waals surface area contributed by atoms with Crippen LogP contribution < -0.4 is 5.73 Å². The van der Waals surface area contributed by atoms with Crippen LogP contribution in [-0.4, -0.2) is 25.7 Å². The lowest BCUT2D eigenvalue weighted by molar-refractivity contribution is 0.100. The summed E-state index contributed by atoms with van der Waals surface area (Å²) in [6.07, 6.45) is 4.43. The van der Waals surface area contributed by atoms with Gasteiger partial charge in [0.25, 0.3) is 5.91 Å². The van der Waals surface area contributed by atoms with Crippen LogP contribution in [0.4, 0.5) is 0 Å². The molecule has 2 heterocycles. The fraction of sp³-hybridized carbons (Fsp3) is 0. The van der Waals surface area contributed by atoms with Crippen molar-refractivity contribution in [3.63, 3.8) is 0 Å². The van der Waals surface area contributed by atoms with Crippen LogP contribution in [0, 0.1) is 0 Å². The third-order valence-electron chi connectivity index (χ3n) is 2.61. The molecular weight excluding hydrogens is 230 g/mol. The van der Waals surface area contributed by atoms with Gasteiger partial charge in [0.2, 0.25) is 0 Å². The molecule has 1 aromatic carbocycles. The highest BCUT2D eigenvalue weighted by Crippen LogP contribution is 2.17. The minimum Gasteiger partial charge on any atom is -0.366 e. The minimum atomic E-state index is -0.514. The molecule has 18 heavy (non-hydrogen) atoms. The van der Waals surface area contributed by atoms with E-state index in [1.165, 1.54) is 17.2 Å². The van der Waals surface area contributed by atoms with Crippen molar-refractivity contribution in [2.45, 2.75) is 0 Å². The molecule has 6 heteroatoms. The van der Waals surface area contributed by atoms with E-state index in [1.807, 2.05) is 24.3 Å². The largest absolute Gasteiger partial charge is 0.366 e. The Balaban J connectivity index is 2.21. The molecule has 0 spiro atoms. The summed E-state index contributed by atoms with van der Waals surface area (Å²) >= 11 is 0. The number of fused-ring (bicyclic) bond motifs is 1. The quantitative estimate of drug-likeness (QED) is 0.720. The maximum absolute atomic E-state index is 11.0. The van der Waals surface area contributed by atoms with Crippen molar-refractivity contribution in [1.82, 2.24) is 19.7 Å². The molecule has 0 aliphatic rings. The summed E-state index contributed by atoms with van der Waals surface area (Å²) in [6.45, 7) is 0. The number of rotatable bonds is 2. The van der Waals surface area contributed by atoms with Gasteiger partial charge in [-0.1, -0.05) is 12.1 Å². The van der Waals surface area contributed by atoms with Crippen molar-refractivity contribution >= 4 is 16.8 Å². The summed E-state index contributed by atoms with van der Waals surface area (Å²) in [5.74, 6) is 0.104. The van der Waals surface area contributed by atoms with Crippen LogP contribution in [-0.2, 0) is 0 Å². The van der Waals surface area contributed by atoms with Gasteiger partial charge >= 0.3 is 0 Å². The molecule has 0 bridgehead atoms. The van der Waals surface area contributed by atoms with E-state index in [2.05, 4.69) is 15.1 Å². The topological polar surface area (TPSA) is 86.7 Å². The molecule has 6 nitrogen and oxygen atoms in total. The van der Waals surface area contributed by atoms with E-state index in [0.717, 1.165) is 10.9 Å². The van der Waals surface area contributed by atoms with Crippen molar-refractivity contribution in [3.05, 3.63) is 48.5 Å². The van der Waals surface area contributed by atoms with Crippen LogP contribution in [0.1, 0.15) is 10.4 Å². The molecule has 0 radical (unpaired) electrons. The van der Waals surface area contributed by atoms with E-state index in [0.29, 0.717) is 11.4 Å². The van der Waals surface area contributed by atoms with Gasteiger partial charge in [-0.15, -0.1) is 0 Å². The maximum atomic E-state index is 11.0. The molecule has 3 aromatic rings. The highest BCUT2D eigenvalue weighted by Gasteiger charge is 2.09. The Morgan fingerprint density at radius 1 is 1.22 bits per heavy atom. The van der Waals surface area contributed by atoms with Crippen LogP contribution in [0.15, 0.2) is 43.0 Å². The van der Waals surface area contributed by atoms with Crippen molar-refractivity contribution in [3.8, 4) is 5.82 Å². The molecule has 0 unspecified atom stereocenters. The summed E-state index contributed by atoms with van der Waals surface area (Å²) in [7, 11) is 0. The van der Waals surface area contributed by atoms with Crippen molar-refractivity contribution in [1.29, 1.82) is 0 Å². The smallest absolute Gasteiger partial charge is 0.251 e. The zero-order chi connectivity index (χ0) is 12.5. The maximum Gasteiger partial charge on any atom is 0.251 e. The number of nitrogens with two attached hydrogens (primary N) is 1. The number of hydrogen-bond acceptors (Lipinski definition) is 4. The lowest BCUT2D eigenvalue weighted by atomic mass is 10.2. The molecule has 0 fully saturated rings. The molecular formula is C12H9N5O. The van der Waals surface area contributed by atoms with Gasteiger partial charge in [0.05, 0.1) is 17.3 Å². The highest BCUT2D eigenvalue weighted by molar-refractivity contribution is 5.92. The molecule has 0 atom stereocenters. The second-order valence-corrected chi connectivity index (χ2v) is 3.75. The molecule has 1 amide bonds. The van der Waals surface area contributed by atoms with E-state index < -0.39 is 5.91 Å². The minimum absolute atomic E-state index is 0.345. The van der Waals surface area contributed by atoms with Crippen LogP contribution in [0.5, 0.6) is 0 Å². The highest BCUT2D eigenvalue weighted by atomic mass is 16.1. The van der Waals surface area contributed by atoms with Gasteiger partial charge in [0.1, 0.15) is 6.33 Å². The van der Waals surface area contributed by atoms with Gasteiger partial charge in [-0.25, -0.2) is 14.6 Å². The van der Waals surface area contributed by atoms with E-state index in [9.17, 15) is 4.79 Å². The zero-order valence-corrected chi connectivity index (χ0v) is 9.32. The number of primary amides is 1. The Labute approximate surface area is 102 Å². The Bertz CT molecular complexity index is 729. The first-order chi connectivity index (χ1) is 8.75. The first-order valence-corrected chi connectivity index (χ1v) is 5.30. The van der Waals surface area contributed by atoms with Crippen LogP contribution in [0.3, 0.4) is 0 Å². The Kier molecular flexibility index (Phi) is 2.26. The van der Waals surface area contributed by atoms with Gasteiger partial charge in [0, 0.05) is 11.6 Å². The van der Waals surface area contributed by atoms with Gasteiger partial charge < -0.3 is 5.73 Å². The van der Waals surface area contributed by atoms with Crippen molar-refractivity contribution in [2.24, 2.45) is 5.73 Å².